The van der Waals surface area contributed by atoms with Crippen molar-refractivity contribution in [1.82, 2.24) is 4.72 Å². The van der Waals surface area contributed by atoms with Crippen molar-refractivity contribution < 1.29 is 69.4 Å². The van der Waals surface area contributed by atoms with Gasteiger partial charge in [-0.1, -0.05) is 6.07 Å². The molecule has 0 spiro atoms. The molecule has 0 radical (unpaired) electrons. The Labute approximate surface area is 196 Å². The molecule has 26 heavy (non-hydrogen) atoms. The summed E-state index contributed by atoms with van der Waals surface area (Å²) in [6.07, 6.45) is 5.93. The van der Waals surface area contributed by atoms with Crippen LogP contribution in [0.1, 0.15) is 42.0 Å². The normalized spacial score (nSPS) is 14.8. The molecule has 1 aromatic rings. The zero-order valence-electron chi connectivity index (χ0n) is 15.2. The molecule has 0 heterocycles. The number of nitrogens with one attached hydrogen (secondary N) is 2. The van der Waals surface area contributed by atoms with E-state index in [1.165, 1.54) is 18.1 Å². The van der Waals surface area contributed by atoms with E-state index < -0.39 is 27.7 Å². The van der Waals surface area contributed by atoms with Gasteiger partial charge in [0, 0.05) is 11.6 Å². The van der Waals surface area contributed by atoms with Gasteiger partial charge in [-0.05, 0) is 67.7 Å². The van der Waals surface area contributed by atoms with Crippen molar-refractivity contribution >= 4 is 27.6 Å². The number of fused-ring (bicyclic) bond motifs is 2. The molecule has 0 saturated heterocycles. The molecular weight excluding hydrogens is 381 g/mol. The third kappa shape index (κ3) is 5.29. The average Bonchev–Trinajstić information content (AvgIpc) is 3.14. The summed E-state index contributed by atoms with van der Waals surface area (Å²) in [7, 11) is -3.83. The van der Waals surface area contributed by atoms with Crippen molar-refractivity contribution in [2.24, 2.45) is 0 Å². The number of urea groups is 1. The van der Waals surface area contributed by atoms with E-state index in [9.17, 15) is 18.0 Å². The van der Waals surface area contributed by atoms with Gasteiger partial charge in [-0.2, -0.15) is 0 Å². The van der Waals surface area contributed by atoms with E-state index in [2.05, 4.69) is 16.7 Å². The third-order valence-electron chi connectivity index (χ3n) is 4.65. The Morgan fingerprint density at radius 2 is 1.65 bits per heavy atom. The summed E-state index contributed by atoms with van der Waals surface area (Å²) in [5.74, 6) is -0.833. The van der Waals surface area contributed by atoms with Crippen LogP contribution in [0.3, 0.4) is 0 Å². The summed E-state index contributed by atoms with van der Waals surface area (Å²) < 4.78 is 25.9. The molecule has 2 aliphatic carbocycles. The number of hydrogen-bond acceptors (Lipinski definition) is 4. The van der Waals surface area contributed by atoms with Crippen molar-refractivity contribution in [2.75, 3.05) is 17.6 Å². The largest absolute Gasteiger partial charge is 1.00 e. The van der Waals surface area contributed by atoms with Gasteiger partial charge >= 0.3 is 57.4 Å². The summed E-state index contributed by atoms with van der Waals surface area (Å²) in [4.78, 5) is 23.0. The van der Waals surface area contributed by atoms with E-state index in [4.69, 9.17) is 0 Å². The maximum atomic E-state index is 12.2. The van der Waals surface area contributed by atoms with Crippen molar-refractivity contribution in [3.8, 4) is 0 Å². The number of anilines is 1. The predicted molar refractivity (Wildman–Crippen MR) is 95.3 cm³/mol. The van der Waals surface area contributed by atoms with Crippen LogP contribution < -0.4 is 61.4 Å². The Hall–Kier alpha value is -0.454. The van der Waals surface area contributed by atoms with Gasteiger partial charge in [0.15, 0.2) is 0 Å². The Morgan fingerprint density at radius 1 is 1.08 bits per heavy atom. The van der Waals surface area contributed by atoms with Gasteiger partial charge in [0.2, 0.25) is 10.0 Å². The van der Waals surface area contributed by atoms with E-state index in [-0.39, 0.29) is 57.9 Å². The predicted octanol–water partition coefficient (Wildman–Crippen LogP) is -0.960. The molecule has 0 aliphatic heterocycles. The second-order valence-electron chi connectivity index (χ2n) is 6.51. The first-order chi connectivity index (χ1) is 11.9. The number of benzene rings is 1. The van der Waals surface area contributed by atoms with E-state index in [1.54, 1.807) is 0 Å². The van der Waals surface area contributed by atoms with Gasteiger partial charge in [-0.25, -0.2) is 17.9 Å². The first-order valence-electron chi connectivity index (χ1n) is 8.52. The number of sulfonamides is 1. The number of hydrogen-bond donors (Lipinski definition) is 2. The van der Waals surface area contributed by atoms with Crippen molar-refractivity contribution in [2.45, 2.75) is 45.4 Å². The van der Waals surface area contributed by atoms with Gasteiger partial charge in [0.25, 0.3) is 0 Å². The maximum Gasteiger partial charge on any atom is 1.00 e. The molecule has 0 saturated carbocycles. The Morgan fingerprint density at radius 3 is 2.19 bits per heavy atom. The van der Waals surface area contributed by atoms with Crippen LogP contribution in [0.4, 0.5) is 10.5 Å². The molecule has 136 valence electrons. The molecule has 0 aromatic heterocycles. The number of carbonyl (C=O) groups excluding carboxylic acids is 2. The fraction of sp³-hybridized carbons (Fsp3) is 0.529. The average molecular weight is 404 g/mol. The summed E-state index contributed by atoms with van der Waals surface area (Å²) in [6.45, 7) is 1.09. The third-order valence-corrected chi connectivity index (χ3v) is 5.87. The van der Waals surface area contributed by atoms with Gasteiger partial charge in [-0.15, -0.1) is 6.54 Å². The monoisotopic (exact) mass is 403 g/mol. The molecule has 3 amide bonds. The minimum Gasteiger partial charge on any atom is -0.653 e. The topological polar surface area (TPSA) is 106 Å². The molecule has 0 atom stereocenters. The van der Waals surface area contributed by atoms with E-state index in [0.717, 1.165) is 55.3 Å². The Bertz CT molecular complexity index is 792. The summed E-state index contributed by atoms with van der Waals surface area (Å²) in [6, 6.07) is 1.49. The molecular formula is C17H22KN3O4S. The molecule has 9 heteroatoms. The smallest absolute Gasteiger partial charge is 0.653 e. The molecule has 7 nitrogen and oxygen atoms in total. The SMILES string of the molecule is CC(=O)[N-]CCS(=O)(=O)NC(=O)Nc1c2c(cc3c1CCC3)CCC2.[K+]. The summed E-state index contributed by atoms with van der Waals surface area (Å²) >= 11 is 0. The van der Waals surface area contributed by atoms with Crippen LogP contribution in [-0.4, -0.2) is 32.7 Å². The second kappa shape index (κ2) is 9.16. The molecule has 0 bridgehead atoms. The molecule has 0 unspecified atom stereocenters. The van der Waals surface area contributed by atoms with Gasteiger partial charge in [-0.3, -0.25) is 0 Å². The van der Waals surface area contributed by atoms with Gasteiger partial charge in [0.1, 0.15) is 0 Å². The quantitative estimate of drug-likeness (QED) is 0.618. The number of nitrogens with zero attached hydrogens (tertiary/aromatic N) is 1. The van der Waals surface area contributed by atoms with E-state index in [0.29, 0.717) is 0 Å². The van der Waals surface area contributed by atoms with Crippen LogP contribution in [0.2, 0.25) is 0 Å². The number of amides is 3. The standard InChI is InChI=1S/C17H23N3O4S.K/c1-11(21)18-8-9-25(23,24)20-17(22)19-16-14-6-2-4-12(14)10-13-5-3-7-15(13)16;/h10H,2-9H2,1H3,(H3,18,19,20,21,22);/q;+1/p-1. The second-order valence-corrected chi connectivity index (χ2v) is 8.35. The minimum absolute atomic E-state index is 0. The Balaban J connectivity index is 0.00000243. The van der Waals surface area contributed by atoms with Crippen LogP contribution in [0.15, 0.2) is 6.07 Å². The van der Waals surface area contributed by atoms with E-state index >= 15 is 0 Å². The maximum absolute atomic E-state index is 12.2. The van der Waals surface area contributed by atoms with Crippen molar-refractivity contribution in [3.63, 3.8) is 0 Å². The van der Waals surface area contributed by atoms with Crippen LogP contribution >= 0.6 is 0 Å². The summed E-state index contributed by atoms with van der Waals surface area (Å²) in [5.41, 5.74) is 5.60. The molecule has 3 rings (SSSR count). The van der Waals surface area contributed by atoms with Crippen LogP contribution in [-0.2, 0) is 40.5 Å². The van der Waals surface area contributed by atoms with Gasteiger partial charge < -0.3 is 15.4 Å². The van der Waals surface area contributed by atoms with Crippen molar-refractivity contribution in [3.05, 3.63) is 33.6 Å². The minimum atomic E-state index is -3.83. The van der Waals surface area contributed by atoms with Crippen molar-refractivity contribution in [1.29, 1.82) is 0 Å². The number of carbonyl (C=O) groups is 2. The number of aryl methyl sites for hydroxylation is 2. The fourth-order valence-electron chi connectivity index (χ4n) is 3.62. The van der Waals surface area contributed by atoms with Crippen LogP contribution in [0, 0.1) is 0 Å². The first kappa shape index (κ1) is 21.8. The van der Waals surface area contributed by atoms with E-state index in [1.807, 2.05) is 4.72 Å². The fourth-order valence-corrected chi connectivity index (χ4v) is 4.39. The molecule has 2 aliphatic rings. The first-order valence-corrected chi connectivity index (χ1v) is 10.2. The molecule has 1 aromatic carbocycles. The molecule has 0 fully saturated rings. The number of rotatable bonds is 5. The van der Waals surface area contributed by atoms with Crippen LogP contribution in [0.25, 0.3) is 5.32 Å². The molecule has 2 N–H and O–H groups in total. The van der Waals surface area contributed by atoms with Crippen LogP contribution in [0.5, 0.6) is 0 Å². The zero-order valence-corrected chi connectivity index (χ0v) is 19.2. The zero-order chi connectivity index (χ0) is 18.0. The summed E-state index contributed by atoms with van der Waals surface area (Å²) in [5, 5.41) is 6.28. The van der Waals surface area contributed by atoms with Gasteiger partial charge in [0.05, 0.1) is 5.75 Å². The Kier molecular flexibility index (Phi) is 7.69.